The zero-order valence-electron chi connectivity index (χ0n) is 12.6. The van der Waals surface area contributed by atoms with Gasteiger partial charge >= 0.3 is 0 Å². The lowest BCUT2D eigenvalue weighted by Crippen LogP contribution is -2.28. The third-order valence-corrected chi connectivity index (χ3v) is 3.50. The van der Waals surface area contributed by atoms with Gasteiger partial charge in [-0.3, -0.25) is 0 Å². The van der Waals surface area contributed by atoms with Crippen molar-refractivity contribution < 1.29 is 4.74 Å². The number of benzene rings is 2. The van der Waals surface area contributed by atoms with Crippen LogP contribution in [0.1, 0.15) is 17.5 Å². The molecule has 0 radical (unpaired) electrons. The molecule has 0 saturated carbocycles. The third kappa shape index (κ3) is 5.58. The Labute approximate surface area is 127 Å². The van der Waals surface area contributed by atoms with Crippen LogP contribution in [0.3, 0.4) is 0 Å². The van der Waals surface area contributed by atoms with E-state index in [1.165, 1.54) is 11.1 Å². The third-order valence-electron chi connectivity index (χ3n) is 3.50. The summed E-state index contributed by atoms with van der Waals surface area (Å²) >= 11 is 0. The van der Waals surface area contributed by atoms with E-state index in [-0.39, 0.29) is 6.04 Å². The fraction of sp³-hybridized carbons (Fsp3) is 0.333. The maximum atomic E-state index is 6.17. The highest BCUT2D eigenvalue weighted by molar-refractivity contribution is 5.28. The van der Waals surface area contributed by atoms with Gasteiger partial charge in [0.05, 0.1) is 7.11 Å². The minimum atomic E-state index is 0.199. The molecule has 0 aliphatic rings. The van der Waals surface area contributed by atoms with Gasteiger partial charge in [0.2, 0.25) is 0 Å². The summed E-state index contributed by atoms with van der Waals surface area (Å²) in [6.45, 7) is 1.76. The lowest BCUT2D eigenvalue weighted by atomic mass is 10.0. The van der Waals surface area contributed by atoms with Crippen LogP contribution in [0, 0.1) is 0 Å². The number of methoxy groups -OCH3 is 1. The maximum Gasteiger partial charge on any atom is 0.119 e. The lowest BCUT2D eigenvalue weighted by Gasteiger charge is -2.12. The first kappa shape index (κ1) is 15.5. The fourth-order valence-corrected chi connectivity index (χ4v) is 2.32. The maximum absolute atomic E-state index is 6.17. The van der Waals surface area contributed by atoms with E-state index in [0.29, 0.717) is 0 Å². The number of ether oxygens (including phenoxy) is 1. The van der Waals surface area contributed by atoms with E-state index in [9.17, 15) is 0 Å². The molecule has 3 nitrogen and oxygen atoms in total. The van der Waals surface area contributed by atoms with Crippen molar-refractivity contribution in [3.05, 3.63) is 65.7 Å². The van der Waals surface area contributed by atoms with Gasteiger partial charge in [-0.2, -0.15) is 0 Å². The average Bonchev–Trinajstić information content (AvgIpc) is 2.53. The van der Waals surface area contributed by atoms with Gasteiger partial charge < -0.3 is 15.8 Å². The summed E-state index contributed by atoms with van der Waals surface area (Å²) in [6.07, 6.45) is 1.90. The Kier molecular flexibility index (Phi) is 6.25. The molecule has 0 amide bonds. The lowest BCUT2D eigenvalue weighted by molar-refractivity contribution is 0.414. The summed E-state index contributed by atoms with van der Waals surface area (Å²) in [6, 6.07) is 18.7. The van der Waals surface area contributed by atoms with Crippen molar-refractivity contribution in [2.45, 2.75) is 25.4 Å². The van der Waals surface area contributed by atoms with Crippen LogP contribution in [-0.2, 0) is 13.0 Å². The van der Waals surface area contributed by atoms with E-state index < -0.39 is 0 Å². The second kappa shape index (κ2) is 8.45. The Bertz CT molecular complexity index is 528. The number of hydrogen-bond acceptors (Lipinski definition) is 3. The Hall–Kier alpha value is -1.84. The van der Waals surface area contributed by atoms with E-state index in [4.69, 9.17) is 10.5 Å². The van der Waals surface area contributed by atoms with Crippen LogP contribution in [0.25, 0.3) is 0 Å². The first-order valence-corrected chi connectivity index (χ1v) is 7.41. The summed E-state index contributed by atoms with van der Waals surface area (Å²) in [5.74, 6) is 0.898. The number of nitrogens with two attached hydrogens (primary N) is 1. The Morgan fingerprint density at radius 3 is 2.57 bits per heavy atom. The van der Waals surface area contributed by atoms with Crippen molar-refractivity contribution in [1.29, 1.82) is 0 Å². The molecule has 2 rings (SSSR count). The molecule has 0 spiro atoms. The quantitative estimate of drug-likeness (QED) is 0.733. The van der Waals surface area contributed by atoms with Crippen LogP contribution in [0.5, 0.6) is 5.75 Å². The molecule has 0 aliphatic heterocycles. The van der Waals surface area contributed by atoms with Crippen LogP contribution in [0.15, 0.2) is 54.6 Å². The zero-order valence-corrected chi connectivity index (χ0v) is 12.6. The fourth-order valence-electron chi connectivity index (χ4n) is 2.32. The van der Waals surface area contributed by atoms with Crippen LogP contribution >= 0.6 is 0 Å². The van der Waals surface area contributed by atoms with Crippen LogP contribution in [-0.4, -0.2) is 19.7 Å². The summed E-state index contributed by atoms with van der Waals surface area (Å²) in [4.78, 5) is 0. The molecule has 1 unspecified atom stereocenters. The smallest absolute Gasteiger partial charge is 0.119 e. The second-order valence-corrected chi connectivity index (χ2v) is 5.27. The van der Waals surface area contributed by atoms with Gasteiger partial charge in [0, 0.05) is 12.6 Å². The highest BCUT2D eigenvalue weighted by atomic mass is 16.5. The molecule has 0 bridgehead atoms. The molecule has 0 saturated heterocycles. The molecular formula is C18H24N2O. The molecule has 0 aromatic heterocycles. The summed E-state index contributed by atoms with van der Waals surface area (Å²) in [5.41, 5.74) is 8.70. The van der Waals surface area contributed by atoms with E-state index in [1.807, 2.05) is 18.2 Å². The average molecular weight is 284 g/mol. The molecule has 3 heteroatoms. The van der Waals surface area contributed by atoms with Crippen molar-refractivity contribution in [3.8, 4) is 5.75 Å². The van der Waals surface area contributed by atoms with Gasteiger partial charge in [-0.25, -0.2) is 0 Å². The molecular weight excluding hydrogens is 260 g/mol. The molecule has 1 atom stereocenters. The molecule has 0 aliphatic carbocycles. The largest absolute Gasteiger partial charge is 0.497 e. The van der Waals surface area contributed by atoms with E-state index in [2.05, 4.69) is 41.7 Å². The van der Waals surface area contributed by atoms with Gasteiger partial charge in [0.25, 0.3) is 0 Å². The summed E-state index contributed by atoms with van der Waals surface area (Å²) < 4.78 is 5.22. The molecule has 2 aromatic carbocycles. The Morgan fingerprint density at radius 2 is 1.81 bits per heavy atom. The molecule has 112 valence electrons. The second-order valence-electron chi connectivity index (χ2n) is 5.27. The topological polar surface area (TPSA) is 47.3 Å². The van der Waals surface area contributed by atoms with E-state index in [1.54, 1.807) is 7.11 Å². The SMILES string of the molecule is COc1cccc(CNCCC(N)Cc2ccccc2)c1. The summed E-state index contributed by atoms with van der Waals surface area (Å²) in [7, 11) is 1.69. The predicted octanol–water partition coefficient (Wildman–Crippen LogP) is 2.74. The molecule has 0 heterocycles. The Morgan fingerprint density at radius 1 is 1.05 bits per heavy atom. The van der Waals surface area contributed by atoms with Crippen LogP contribution in [0.4, 0.5) is 0 Å². The zero-order chi connectivity index (χ0) is 14.9. The summed E-state index contributed by atoms with van der Waals surface area (Å²) in [5, 5.41) is 3.43. The molecule has 0 fully saturated rings. The van der Waals surface area contributed by atoms with Crippen LogP contribution in [0.2, 0.25) is 0 Å². The van der Waals surface area contributed by atoms with Crippen molar-refractivity contribution >= 4 is 0 Å². The van der Waals surface area contributed by atoms with Gasteiger partial charge in [-0.05, 0) is 42.6 Å². The molecule has 2 aromatic rings. The van der Waals surface area contributed by atoms with E-state index in [0.717, 1.165) is 31.7 Å². The van der Waals surface area contributed by atoms with Gasteiger partial charge in [0.15, 0.2) is 0 Å². The van der Waals surface area contributed by atoms with E-state index >= 15 is 0 Å². The normalized spacial score (nSPS) is 12.1. The van der Waals surface area contributed by atoms with Crippen molar-refractivity contribution in [1.82, 2.24) is 5.32 Å². The van der Waals surface area contributed by atoms with Gasteiger partial charge in [-0.15, -0.1) is 0 Å². The number of hydrogen-bond donors (Lipinski definition) is 2. The minimum absolute atomic E-state index is 0.199. The first-order chi connectivity index (χ1) is 10.3. The van der Waals surface area contributed by atoms with Crippen LogP contribution < -0.4 is 15.8 Å². The van der Waals surface area contributed by atoms with Gasteiger partial charge in [0.1, 0.15) is 5.75 Å². The van der Waals surface area contributed by atoms with Crippen molar-refractivity contribution in [2.75, 3.05) is 13.7 Å². The number of rotatable bonds is 8. The monoisotopic (exact) mass is 284 g/mol. The Balaban J connectivity index is 1.67. The molecule has 3 N–H and O–H groups in total. The predicted molar refractivity (Wildman–Crippen MR) is 87.4 cm³/mol. The minimum Gasteiger partial charge on any atom is -0.497 e. The highest BCUT2D eigenvalue weighted by Crippen LogP contribution is 2.12. The van der Waals surface area contributed by atoms with Gasteiger partial charge in [-0.1, -0.05) is 42.5 Å². The first-order valence-electron chi connectivity index (χ1n) is 7.41. The molecule has 21 heavy (non-hydrogen) atoms. The van der Waals surface area contributed by atoms with Crippen molar-refractivity contribution in [2.24, 2.45) is 5.73 Å². The number of nitrogens with one attached hydrogen (secondary N) is 1. The standard InChI is InChI=1S/C18H24N2O/c1-21-18-9-5-8-16(13-18)14-20-11-10-17(19)12-15-6-3-2-4-7-15/h2-9,13,17,20H,10-12,14,19H2,1H3. The van der Waals surface area contributed by atoms with Crippen molar-refractivity contribution in [3.63, 3.8) is 0 Å². The highest BCUT2D eigenvalue weighted by Gasteiger charge is 2.03.